The molecule has 1 rings (SSSR count). The van der Waals surface area contributed by atoms with Crippen molar-refractivity contribution in [2.24, 2.45) is 0 Å². The molecule has 0 aromatic heterocycles. The summed E-state index contributed by atoms with van der Waals surface area (Å²) >= 11 is 0. The third-order valence-electron chi connectivity index (χ3n) is 2.35. The van der Waals surface area contributed by atoms with E-state index in [2.05, 4.69) is 6.07 Å². The van der Waals surface area contributed by atoms with Crippen molar-refractivity contribution in [1.29, 1.82) is 5.26 Å². The van der Waals surface area contributed by atoms with Gasteiger partial charge >= 0.3 is 0 Å². The molecule has 1 aromatic carbocycles. The average molecular weight is 235 g/mol. The lowest BCUT2D eigenvalue weighted by atomic mass is 10.2. The Morgan fingerprint density at radius 2 is 2.06 bits per heavy atom. The summed E-state index contributed by atoms with van der Waals surface area (Å²) in [7, 11) is 3.22. The number of nitriles is 1. The van der Waals surface area contributed by atoms with Crippen LogP contribution in [0.2, 0.25) is 0 Å². The smallest absolute Gasteiger partial charge is 0.162 e. The fraction of sp³-hybridized carbons (Fsp3) is 0.462. The van der Waals surface area contributed by atoms with E-state index in [1.54, 1.807) is 32.4 Å². The highest BCUT2D eigenvalue weighted by atomic mass is 16.5. The summed E-state index contributed by atoms with van der Waals surface area (Å²) in [5, 5.41) is 8.78. The zero-order valence-corrected chi connectivity index (χ0v) is 10.4. The zero-order valence-electron chi connectivity index (χ0n) is 10.4. The molecule has 0 saturated carbocycles. The molecule has 0 aliphatic carbocycles. The first-order chi connectivity index (χ1) is 8.21. The van der Waals surface area contributed by atoms with E-state index in [4.69, 9.17) is 19.5 Å². The molecule has 0 saturated heterocycles. The predicted octanol–water partition coefficient (Wildman–Crippen LogP) is 2.37. The highest BCUT2D eigenvalue weighted by Gasteiger charge is 2.09. The highest BCUT2D eigenvalue weighted by molar-refractivity contribution is 5.46. The van der Waals surface area contributed by atoms with E-state index in [0.717, 1.165) is 6.42 Å². The average Bonchev–Trinajstić information content (AvgIpc) is 2.36. The second-order valence-electron chi connectivity index (χ2n) is 3.69. The molecular formula is C13H17NO3. The van der Waals surface area contributed by atoms with Crippen LogP contribution in [-0.2, 0) is 4.74 Å². The summed E-state index contributed by atoms with van der Waals surface area (Å²) in [5.41, 5.74) is 0.554. The van der Waals surface area contributed by atoms with E-state index >= 15 is 0 Å². The molecule has 0 radical (unpaired) electrons. The molecule has 4 nitrogen and oxygen atoms in total. The number of benzene rings is 1. The lowest BCUT2D eigenvalue weighted by molar-refractivity contribution is 0.132. The molecule has 0 aliphatic rings. The van der Waals surface area contributed by atoms with Crippen molar-refractivity contribution in [3.8, 4) is 17.6 Å². The molecule has 0 spiro atoms. The quantitative estimate of drug-likeness (QED) is 0.759. The topological polar surface area (TPSA) is 51.5 Å². The van der Waals surface area contributed by atoms with Crippen LogP contribution < -0.4 is 9.47 Å². The third-order valence-corrected chi connectivity index (χ3v) is 2.35. The van der Waals surface area contributed by atoms with Gasteiger partial charge < -0.3 is 14.2 Å². The third kappa shape index (κ3) is 3.97. The molecule has 1 atom stereocenters. The second-order valence-corrected chi connectivity index (χ2v) is 3.69. The largest absolute Gasteiger partial charge is 0.493 e. The van der Waals surface area contributed by atoms with Crippen LogP contribution in [0.15, 0.2) is 18.2 Å². The highest BCUT2D eigenvalue weighted by Crippen LogP contribution is 2.29. The van der Waals surface area contributed by atoms with Crippen LogP contribution in [0.5, 0.6) is 11.5 Å². The molecular weight excluding hydrogens is 218 g/mol. The maximum absolute atomic E-state index is 8.78. The van der Waals surface area contributed by atoms with Crippen LogP contribution in [0.25, 0.3) is 0 Å². The Balaban J connectivity index is 2.73. The van der Waals surface area contributed by atoms with Gasteiger partial charge in [0.2, 0.25) is 0 Å². The van der Waals surface area contributed by atoms with Gasteiger partial charge in [-0.1, -0.05) is 0 Å². The lowest BCUT2D eigenvalue weighted by Crippen LogP contribution is -2.14. The van der Waals surface area contributed by atoms with Crippen molar-refractivity contribution in [2.75, 3.05) is 20.8 Å². The fourth-order valence-electron chi connectivity index (χ4n) is 1.39. The maximum atomic E-state index is 8.78. The molecule has 0 fully saturated rings. The van der Waals surface area contributed by atoms with E-state index in [9.17, 15) is 0 Å². The number of hydrogen-bond acceptors (Lipinski definition) is 4. The Labute approximate surface area is 102 Å². The monoisotopic (exact) mass is 235 g/mol. The Morgan fingerprint density at radius 1 is 1.29 bits per heavy atom. The molecule has 1 aromatic rings. The minimum atomic E-state index is 0.0387. The number of ether oxygens (including phenoxy) is 3. The molecule has 92 valence electrons. The first-order valence-corrected chi connectivity index (χ1v) is 5.45. The normalized spacial score (nSPS) is 11.6. The molecule has 0 heterocycles. The van der Waals surface area contributed by atoms with Gasteiger partial charge in [-0.25, -0.2) is 0 Å². The van der Waals surface area contributed by atoms with E-state index in [1.165, 1.54) is 0 Å². The first-order valence-electron chi connectivity index (χ1n) is 5.45. The molecule has 1 unspecified atom stereocenters. The van der Waals surface area contributed by atoms with Gasteiger partial charge in [-0.15, -0.1) is 0 Å². The molecule has 0 amide bonds. The number of nitrogens with zero attached hydrogens (tertiary/aromatic N) is 1. The lowest BCUT2D eigenvalue weighted by Gasteiger charge is -2.16. The zero-order chi connectivity index (χ0) is 12.7. The van der Waals surface area contributed by atoms with Gasteiger partial charge in [0, 0.05) is 26.2 Å². The van der Waals surface area contributed by atoms with Gasteiger partial charge in [0.15, 0.2) is 11.5 Å². The number of hydrogen-bond donors (Lipinski definition) is 0. The summed E-state index contributed by atoms with van der Waals surface area (Å²) < 4.78 is 15.9. The van der Waals surface area contributed by atoms with E-state index in [-0.39, 0.29) is 6.10 Å². The molecule has 17 heavy (non-hydrogen) atoms. The van der Waals surface area contributed by atoms with Gasteiger partial charge in [0.05, 0.1) is 24.8 Å². The minimum absolute atomic E-state index is 0.0387. The Bertz CT molecular complexity index is 398. The number of methoxy groups -OCH3 is 2. The Morgan fingerprint density at radius 3 is 2.65 bits per heavy atom. The van der Waals surface area contributed by atoms with Gasteiger partial charge in [0.1, 0.15) is 0 Å². The standard InChI is InChI=1S/C13H17NO3/c1-10(6-7-15-2)17-12-5-4-11(9-14)8-13(12)16-3/h4-5,8,10H,6-7H2,1-3H3. The number of rotatable bonds is 6. The van der Waals surface area contributed by atoms with Gasteiger partial charge in [-0.2, -0.15) is 5.26 Å². The molecule has 0 aliphatic heterocycles. The van der Waals surface area contributed by atoms with E-state index in [0.29, 0.717) is 23.7 Å². The predicted molar refractivity (Wildman–Crippen MR) is 64.3 cm³/mol. The van der Waals surface area contributed by atoms with Crippen LogP contribution in [-0.4, -0.2) is 26.9 Å². The minimum Gasteiger partial charge on any atom is -0.493 e. The summed E-state index contributed by atoms with van der Waals surface area (Å²) in [5.74, 6) is 1.23. The van der Waals surface area contributed by atoms with Gasteiger partial charge in [-0.05, 0) is 19.1 Å². The van der Waals surface area contributed by atoms with Crippen molar-refractivity contribution < 1.29 is 14.2 Å². The fourth-order valence-corrected chi connectivity index (χ4v) is 1.39. The van der Waals surface area contributed by atoms with Crippen LogP contribution in [0.1, 0.15) is 18.9 Å². The van der Waals surface area contributed by atoms with Crippen molar-refractivity contribution >= 4 is 0 Å². The first kappa shape index (κ1) is 13.3. The van der Waals surface area contributed by atoms with Gasteiger partial charge in [0.25, 0.3) is 0 Å². The van der Waals surface area contributed by atoms with Crippen molar-refractivity contribution in [3.63, 3.8) is 0 Å². The van der Waals surface area contributed by atoms with E-state index in [1.807, 2.05) is 6.92 Å². The summed E-state index contributed by atoms with van der Waals surface area (Å²) in [6.07, 6.45) is 0.844. The van der Waals surface area contributed by atoms with Crippen molar-refractivity contribution in [2.45, 2.75) is 19.4 Å². The Kier molecular flexibility index (Phi) is 5.31. The van der Waals surface area contributed by atoms with Crippen molar-refractivity contribution in [3.05, 3.63) is 23.8 Å². The second kappa shape index (κ2) is 6.77. The molecule has 0 bridgehead atoms. The van der Waals surface area contributed by atoms with Crippen LogP contribution in [0, 0.1) is 11.3 Å². The summed E-state index contributed by atoms with van der Waals surface area (Å²) in [4.78, 5) is 0. The maximum Gasteiger partial charge on any atom is 0.162 e. The molecule has 4 heteroatoms. The van der Waals surface area contributed by atoms with Crippen molar-refractivity contribution in [1.82, 2.24) is 0 Å². The van der Waals surface area contributed by atoms with Crippen LogP contribution in [0.4, 0.5) is 0 Å². The SMILES string of the molecule is COCCC(C)Oc1ccc(C#N)cc1OC. The molecule has 0 N–H and O–H groups in total. The van der Waals surface area contributed by atoms with Crippen LogP contribution in [0.3, 0.4) is 0 Å². The van der Waals surface area contributed by atoms with E-state index < -0.39 is 0 Å². The summed E-state index contributed by atoms with van der Waals surface area (Å²) in [6.45, 7) is 2.62. The Hall–Kier alpha value is -1.73. The van der Waals surface area contributed by atoms with Gasteiger partial charge in [-0.3, -0.25) is 0 Å². The van der Waals surface area contributed by atoms with Crippen LogP contribution >= 0.6 is 0 Å². The summed E-state index contributed by atoms with van der Waals surface area (Å²) in [6, 6.07) is 7.19.